The van der Waals surface area contributed by atoms with Crippen molar-refractivity contribution in [1.29, 1.82) is 0 Å². The van der Waals surface area contributed by atoms with E-state index in [0.29, 0.717) is 23.3 Å². The summed E-state index contributed by atoms with van der Waals surface area (Å²) in [7, 11) is 0. The van der Waals surface area contributed by atoms with E-state index < -0.39 is 0 Å². The highest BCUT2D eigenvalue weighted by Gasteiger charge is 2.16. The molecule has 0 radical (unpaired) electrons. The monoisotopic (exact) mass is 312 g/mol. The highest BCUT2D eigenvalue weighted by atomic mass is 35.5. The quantitative estimate of drug-likeness (QED) is 0.862. The number of rotatable bonds is 4. The number of pyridine rings is 1. The van der Waals surface area contributed by atoms with E-state index in [1.165, 1.54) is 11.3 Å². The molecule has 0 spiro atoms. The number of nitrogens with zero attached hydrogens (tertiary/aromatic N) is 1. The first-order valence-electron chi connectivity index (χ1n) is 5.83. The second-order valence-electron chi connectivity index (χ2n) is 3.94. The van der Waals surface area contributed by atoms with Crippen LogP contribution < -0.4 is 0 Å². The minimum Gasteiger partial charge on any atom is -0.352 e. The normalized spacial score (nSPS) is 10.4. The number of carbonyl (C=O) groups excluding carboxylic acids is 1. The van der Waals surface area contributed by atoms with Gasteiger partial charge in [-0.25, -0.2) is 0 Å². The molecule has 0 saturated heterocycles. The Hall–Kier alpha value is -1.17. The molecule has 3 nitrogen and oxygen atoms in total. The molecule has 19 heavy (non-hydrogen) atoms. The predicted molar refractivity (Wildman–Crippen MR) is 81.4 cm³/mol. The average molecular weight is 313 g/mol. The predicted octanol–water partition coefficient (Wildman–Crippen LogP) is 4.12. The average Bonchev–Trinajstić information content (AvgIpc) is 2.81. The number of nitrogens with one attached hydrogen (secondary N) is 1. The van der Waals surface area contributed by atoms with E-state index in [1.807, 2.05) is 19.1 Å². The van der Waals surface area contributed by atoms with Gasteiger partial charge in [-0.15, -0.1) is 11.3 Å². The van der Waals surface area contributed by atoms with Gasteiger partial charge in [0.15, 0.2) is 0 Å². The van der Waals surface area contributed by atoms with Crippen molar-refractivity contribution in [3.05, 3.63) is 49.9 Å². The molecule has 0 aliphatic heterocycles. The van der Waals surface area contributed by atoms with E-state index in [0.717, 1.165) is 9.21 Å². The third-order valence-electron chi connectivity index (χ3n) is 2.69. The number of hydrogen-bond donors (Lipinski definition) is 1. The summed E-state index contributed by atoms with van der Waals surface area (Å²) >= 11 is 12.5. The molecule has 0 unspecified atom stereocenters. The zero-order valence-corrected chi connectivity index (χ0v) is 12.7. The lowest BCUT2D eigenvalue weighted by Gasteiger charge is -2.20. The van der Waals surface area contributed by atoms with Gasteiger partial charge in [0.2, 0.25) is 0 Å². The number of H-pyrrole nitrogens is 1. The number of thiophene rings is 1. The van der Waals surface area contributed by atoms with Crippen molar-refractivity contribution < 1.29 is 4.79 Å². The summed E-state index contributed by atoms with van der Waals surface area (Å²) < 4.78 is 1.20. The first-order chi connectivity index (χ1) is 9.11. The molecule has 1 amide bonds. The summed E-state index contributed by atoms with van der Waals surface area (Å²) in [6.45, 7) is 3.12. The van der Waals surface area contributed by atoms with Crippen molar-refractivity contribution >= 4 is 41.1 Å². The van der Waals surface area contributed by atoms with Crippen LogP contribution in [0.15, 0.2) is 30.5 Å². The van der Waals surface area contributed by atoms with Gasteiger partial charge in [-0.05, 0) is 31.2 Å². The first kappa shape index (κ1) is 14.2. The molecule has 2 heterocycles. The van der Waals surface area contributed by atoms with Crippen LogP contribution in [0.3, 0.4) is 0 Å². The van der Waals surface area contributed by atoms with E-state index >= 15 is 0 Å². The van der Waals surface area contributed by atoms with E-state index in [2.05, 4.69) is 4.98 Å². The zero-order chi connectivity index (χ0) is 13.8. The van der Waals surface area contributed by atoms with Crippen LogP contribution in [0.1, 0.15) is 22.2 Å². The third kappa shape index (κ3) is 3.43. The van der Waals surface area contributed by atoms with Crippen LogP contribution in [0.25, 0.3) is 0 Å². The van der Waals surface area contributed by atoms with Crippen molar-refractivity contribution in [2.75, 3.05) is 6.54 Å². The van der Waals surface area contributed by atoms with Gasteiger partial charge < -0.3 is 9.88 Å². The van der Waals surface area contributed by atoms with E-state index in [9.17, 15) is 4.79 Å². The van der Waals surface area contributed by atoms with Gasteiger partial charge in [-0.1, -0.05) is 23.8 Å². The molecular formula is C13H13ClN2OS2. The van der Waals surface area contributed by atoms with Gasteiger partial charge in [-0.2, -0.15) is 0 Å². The van der Waals surface area contributed by atoms with Crippen LogP contribution >= 0.6 is 35.2 Å². The molecule has 0 atom stereocenters. The number of amides is 1. The van der Waals surface area contributed by atoms with Gasteiger partial charge in [0.05, 0.1) is 16.4 Å². The smallest absolute Gasteiger partial charge is 0.257 e. The minimum atomic E-state index is -0.0612. The van der Waals surface area contributed by atoms with Gasteiger partial charge in [-0.3, -0.25) is 4.79 Å². The topological polar surface area (TPSA) is 36.1 Å². The molecule has 0 saturated carbocycles. The third-order valence-corrected chi connectivity index (χ3v) is 4.25. The van der Waals surface area contributed by atoms with Crippen molar-refractivity contribution in [1.82, 2.24) is 9.88 Å². The number of hydrogen-bond acceptors (Lipinski definition) is 3. The lowest BCUT2D eigenvalue weighted by Crippen LogP contribution is -2.30. The number of aromatic amines is 1. The highest BCUT2D eigenvalue weighted by molar-refractivity contribution is 7.71. The molecule has 0 aliphatic rings. The summed E-state index contributed by atoms with van der Waals surface area (Å²) in [5.74, 6) is -0.0612. The lowest BCUT2D eigenvalue weighted by atomic mass is 10.2. The SMILES string of the molecule is CCN(Cc1ccc(Cl)s1)C(=O)c1ccc[nH]c1=S. The summed E-state index contributed by atoms with van der Waals surface area (Å²) in [5.41, 5.74) is 0.530. The Morgan fingerprint density at radius 2 is 2.26 bits per heavy atom. The Labute approximate surface area is 125 Å². The summed E-state index contributed by atoms with van der Waals surface area (Å²) in [5, 5.41) is 0. The van der Waals surface area contributed by atoms with Crippen molar-refractivity contribution in [3.8, 4) is 0 Å². The van der Waals surface area contributed by atoms with Crippen LogP contribution in [0.2, 0.25) is 4.34 Å². The van der Waals surface area contributed by atoms with E-state index in [-0.39, 0.29) is 5.91 Å². The second-order valence-corrected chi connectivity index (χ2v) is 6.15. The van der Waals surface area contributed by atoms with Crippen molar-refractivity contribution in [2.45, 2.75) is 13.5 Å². The van der Waals surface area contributed by atoms with Crippen LogP contribution in [-0.4, -0.2) is 22.3 Å². The van der Waals surface area contributed by atoms with Crippen LogP contribution in [0.5, 0.6) is 0 Å². The summed E-state index contributed by atoms with van der Waals surface area (Å²) in [6, 6.07) is 7.30. The molecule has 2 aromatic rings. The van der Waals surface area contributed by atoms with E-state index in [1.54, 1.807) is 23.2 Å². The highest BCUT2D eigenvalue weighted by Crippen LogP contribution is 2.23. The largest absolute Gasteiger partial charge is 0.352 e. The number of halogens is 1. The maximum atomic E-state index is 12.4. The maximum Gasteiger partial charge on any atom is 0.257 e. The zero-order valence-electron chi connectivity index (χ0n) is 10.4. The minimum absolute atomic E-state index is 0.0612. The number of carbonyl (C=O) groups is 1. The van der Waals surface area contributed by atoms with Crippen molar-refractivity contribution in [2.24, 2.45) is 0 Å². The molecule has 6 heteroatoms. The van der Waals surface area contributed by atoms with Crippen LogP contribution in [0, 0.1) is 4.64 Å². The Kier molecular flexibility index (Phi) is 4.74. The lowest BCUT2D eigenvalue weighted by molar-refractivity contribution is 0.0753. The Balaban J connectivity index is 2.20. The molecule has 0 aliphatic carbocycles. The molecule has 0 bridgehead atoms. The molecule has 2 aromatic heterocycles. The summed E-state index contributed by atoms with van der Waals surface area (Å²) in [6.07, 6.45) is 1.72. The molecule has 2 rings (SSSR count). The Bertz CT molecular complexity index is 635. The maximum absolute atomic E-state index is 12.4. The fourth-order valence-corrected chi connectivity index (χ4v) is 3.04. The number of aromatic nitrogens is 1. The fraction of sp³-hybridized carbons (Fsp3) is 0.231. The van der Waals surface area contributed by atoms with Crippen molar-refractivity contribution in [3.63, 3.8) is 0 Å². The molecule has 0 fully saturated rings. The fourth-order valence-electron chi connectivity index (χ4n) is 1.71. The second kappa shape index (κ2) is 6.32. The van der Waals surface area contributed by atoms with Gasteiger partial charge >= 0.3 is 0 Å². The van der Waals surface area contributed by atoms with Gasteiger partial charge in [0.1, 0.15) is 4.64 Å². The summed E-state index contributed by atoms with van der Waals surface area (Å²) in [4.78, 5) is 18.1. The van der Waals surface area contributed by atoms with Crippen LogP contribution in [-0.2, 0) is 6.54 Å². The van der Waals surface area contributed by atoms with Gasteiger partial charge in [0, 0.05) is 17.6 Å². The standard InChI is InChI=1S/C13H13ClN2OS2/c1-2-16(8-9-5-6-11(14)19-9)13(17)10-4-3-7-15-12(10)18/h3-7H,2,8H2,1H3,(H,15,18). The van der Waals surface area contributed by atoms with Gasteiger partial charge in [0.25, 0.3) is 5.91 Å². The first-order valence-corrected chi connectivity index (χ1v) is 7.43. The van der Waals surface area contributed by atoms with E-state index in [4.69, 9.17) is 23.8 Å². The molecule has 1 N–H and O–H groups in total. The molecular weight excluding hydrogens is 300 g/mol. The molecule has 100 valence electrons. The molecule has 0 aromatic carbocycles. The Morgan fingerprint density at radius 3 is 2.84 bits per heavy atom. The Morgan fingerprint density at radius 1 is 1.47 bits per heavy atom. The van der Waals surface area contributed by atoms with Crippen LogP contribution in [0.4, 0.5) is 0 Å².